The molecule has 2 N–H and O–H groups in total. The van der Waals surface area contributed by atoms with Gasteiger partial charge in [-0.2, -0.15) is 0 Å². The number of carbonyl (C=O) groups excluding carboxylic acids is 2. The van der Waals surface area contributed by atoms with Crippen molar-refractivity contribution in [2.45, 2.75) is 25.6 Å². The second kappa shape index (κ2) is 10.6. The number of furan rings is 1. The Bertz CT molecular complexity index is 1000. The van der Waals surface area contributed by atoms with Gasteiger partial charge < -0.3 is 19.8 Å². The summed E-state index contributed by atoms with van der Waals surface area (Å²) in [6, 6.07) is 17.4. The third-order valence-corrected chi connectivity index (χ3v) is 4.43. The van der Waals surface area contributed by atoms with Gasteiger partial charge in [0.2, 0.25) is 5.91 Å². The molecule has 1 aromatic heterocycles. The lowest BCUT2D eigenvalue weighted by Gasteiger charge is -2.18. The van der Waals surface area contributed by atoms with Crippen molar-refractivity contribution < 1.29 is 23.7 Å². The third-order valence-electron chi connectivity index (χ3n) is 4.43. The van der Waals surface area contributed by atoms with E-state index in [4.69, 9.17) is 9.15 Å². The fourth-order valence-corrected chi connectivity index (χ4v) is 2.82. The van der Waals surface area contributed by atoms with Gasteiger partial charge >= 0.3 is 6.09 Å². The van der Waals surface area contributed by atoms with Gasteiger partial charge in [-0.3, -0.25) is 14.9 Å². The highest BCUT2D eigenvalue weighted by Gasteiger charge is 2.22. The molecule has 0 saturated carbocycles. The Balaban J connectivity index is 1.64. The molecule has 9 nitrogen and oxygen atoms in total. The molecule has 9 heteroatoms. The third kappa shape index (κ3) is 6.70. The highest BCUT2D eigenvalue weighted by molar-refractivity contribution is 5.85. The molecule has 0 aliphatic rings. The van der Waals surface area contributed by atoms with E-state index >= 15 is 0 Å². The van der Waals surface area contributed by atoms with Crippen LogP contribution in [-0.4, -0.2) is 23.0 Å². The zero-order valence-corrected chi connectivity index (χ0v) is 16.5. The van der Waals surface area contributed by atoms with Crippen LogP contribution in [0.2, 0.25) is 0 Å². The van der Waals surface area contributed by atoms with Crippen LogP contribution < -0.4 is 10.6 Å². The standard InChI is InChI=1S/C22H21N3O6/c26-21(23-14-19-7-4-12-30-19)20(13-16-8-10-18(11-9-16)25(28)29)24-22(27)31-15-17-5-2-1-3-6-17/h1-12,20H,13-15H2,(H,23,26)(H,24,27)/t20-/m0/s1. The molecule has 1 atom stereocenters. The lowest BCUT2D eigenvalue weighted by atomic mass is 10.0. The van der Waals surface area contributed by atoms with E-state index in [1.165, 1.54) is 18.4 Å². The first-order chi connectivity index (χ1) is 15.0. The summed E-state index contributed by atoms with van der Waals surface area (Å²) in [6.45, 7) is 0.217. The van der Waals surface area contributed by atoms with Crippen LogP contribution in [0.25, 0.3) is 0 Å². The Morgan fingerprint density at radius 2 is 1.74 bits per heavy atom. The van der Waals surface area contributed by atoms with Crippen molar-refractivity contribution in [3.63, 3.8) is 0 Å². The highest BCUT2D eigenvalue weighted by Crippen LogP contribution is 2.14. The Kier molecular flexibility index (Phi) is 7.36. The van der Waals surface area contributed by atoms with Crippen molar-refractivity contribution in [2.24, 2.45) is 0 Å². The van der Waals surface area contributed by atoms with Crippen molar-refractivity contribution >= 4 is 17.7 Å². The summed E-state index contributed by atoms with van der Waals surface area (Å²) in [5, 5.41) is 16.1. The van der Waals surface area contributed by atoms with Crippen molar-refractivity contribution in [2.75, 3.05) is 0 Å². The molecule has 160 valence electrons. The maximum absolute atomic E-state index is 12.7. The van der Waals surface area contributed by atoms with Gasteiger partial charge in [-0.1, -0.05) is 42.5 Å². The van der Waals surface area contributed by atoms with Gasteiger partial charge in [0.1, 0.15) is 18.4 Å². The first-order valence-electron chi connectivity index (χ1n) is 9.52. The van der Waals surface area contributed by atoms with E-state index in [2.05, 4.69) is 10.6 Å². The maximum Gasteiger partial charge on any atom is 0.408 e. The van der Waals surface area contributed by atoms with E-state index < -0.39 is 23.0 Å². The van der Waals surface area contributed by atoms with E-state index in [1.807, 2.05) is 30.3 Å². The quantitative estimate of drug-likeness (QED) is 0.402. The van der Waals surface area contributed by atoms with Gasteiger partial charge in [0.05, 0.1) is 17.7 Å². The normalized spacial score (nSPS) is 11.4. The molecule has 0 saturated heterocycles. The number of ether oxygens (including phenoxy) is 1. The van der Waals surface area contributed by atoms with Crippen LogP contribution in [0, 0.1) is 10.1 Å². The van der Waals surface area contributed by atoms with E-state index in [0.717, 1.165) is 5.56 Å². The van der Waals surface area contributed by atoms with Crippen LogP contribution in [0.3, 0.4) is 0 Å². The average Bonchev–Trinajstić information content (AvgIpc) is 3.30. The number of nitrogens with zero attached hydrogens (tertiary/aromatic N) is 1. The molecule has 0 fully saturated rings. The van der Waals surface area contributed by atoms with Crippen LogP contribution >= 0.6 is 0 Å². The Morgan fingerprint density at radius 3 is 2.39 bits per heavy atom. The molecule has 1 heterocycles. The molecule has 3 aromatic rings. The summed E-state index contributed by atoms with van der Waals surface area (Å²) in [7, 11) is 0. The molecule has 2 amide bonds. The van der Waals surface area contributed by atoms with E-state index in [1.54, 1.807) is 24.3 Å². The van der Waals surface area contributed by atoms with Crippen LogP contribution in [-0.2, 0) is 29.1 Å². The molecule has 2 aromatic carbocycles. The minimum atomic E-state index is -0.945. The smallest absolute Gasteiger partial charge is 0.408 e. The van der Waals surface area contributed by atoms with Crippen molar-refractivity contribution in [3.8, 4) is 0 Å². The SMILES string of the molecule is O=C(N[C@@H](Cc1ccc([N+](=O)[O-])cc1)C(=O)NCc1ccco1)OCc1ccccc1. The lowest BCUT2D eigenvalue weighted by Crippen LogP contribution is -2.48. The molecule has 0 aliphatic heterocycles. The maximum atomic E-state index is 12.7. The largest absolute Gasteiger partial charge is 0.467 e. The minimum Gasteiger partial charge on any atom is -0.467 e. The lowest BCUT2D eigenvalue weighted by molar-refractivity contribution is -0.384. The summed E-state index contributed by atoms with van der Waals surface area (Å²) in [5.74, 6) is 0.125. The summed E-state index contributed by atoms with van der Waals surface area (Å²) in [4.78, 5) is 35.3. The number of hydrogen-bond donors (Lipinski definition) is 2. The molecule has 31 heavy (non-hydrogen) atoms. The predicted molar refractivity (Wildman–Crippen MR) is 111 cm³/mol. The molecular formula is C22H21N3O6. The molecule has 0 bridgehead atoms. The number of non-ortho nitro benzene ring substituents is 1. The van der Waals surface area contributed by atoms with Gasteiger partial charge in [-0.05, 0) is 23.3 Å². The Labute approximate surface area is 178 Å². The van der Waals surface area contributed by atoms with E-state index in [-0.39, 0.29) is 25.3 Å². The first-order valence-corrected chi connectivity index (χ1v) is 9.52. The van der Waals surface area contributed by atoms with Crippen LogP contribution in [0.4, 0.5) is 10.5 Å². The highest BCUT2D eigenvalue weighted by atomic mass is 16.6. The molecule has 3 rings (SSSR count). The number of alkyl carbamates (subject to hydrolysis) is 1. The molecule has 0 unspecified atom stereocenters. The van der Waals surface area contributed by atoms with Crippen molar-refractivity contribution in [1.29, 1.82) is 0 Å². The first kappa shape index (κ1) is 21.6. The van der Waals surface area contributed by atoms with E-state index in [0.29, 0.717) is 11.3 Å². The number of nitro benzene ring substituents is 1. The number of nitrogens with one attached hydrogen (secondary N) is 2. The molecular weight excluding hydrogens is 402 g/mol. The van der Waals surface area contributed by atoms with Gasteiger partial charge in [0.15, 0.2) is 0 Å². The second-order valence-corrected chi connectivity index (χ2v) is 6.68. The zero-order chi connectivity index (χ0) is 22.1. The van der Waals surface area contributed by atoms with Crippen LogP contribution in [0.1, 0.15) is 16.9 Å². The summed E-state index contributed by atoms with van der Waals surface area (Å²) < 4.78 is 10.4. The van der Waals surface area contributed by atoms with Gasteiger partial charge in [-0.15, -0.1) is 0 Å². The van der Waals surface area contributed by atoms with Gasteiger partial charge in [-0.25, -0.2) is 4.79 Å². The Hall–Kier alpha value is -4.14. The number of benzene rings is 2. The molecule has 0 aliphatic carbocycles. The second-order valence-electron chi connectivity index (χ2n) is 6.68. The predicted octanol–water partition coefficient (Wildman–Crippen LogP) is 3.34. The fourth-order valence-electron chi connectivity index (χ4n) is 2.82. The monoisotopic (exact) mass is 423 g/mol. The number of hydrogen-bond acceptors (Lipinski definition) is 6. The van der Waals surface area contributed by atoms with Gasteiger partial charge in [0, 0.05) is 18.6 Å². The van der Waals surface area contributed by atoms with Crippen molar-refractivity contribution in [3.05, 3.63) is 100.0 Å². The molecule has 0 spiro atoms. The number of nitro groups is 1. The average molecular weight is 423 g/mol. The summed E-state index contributed by atoms with van der Waals surface area (Å²) in [6.07, 6.45) is 0.876. The number of amides is 2. The number of rotatable bonds is 9. The topological polar surface area (TPSA) is 124 Å². The van der Waals surface area contributed by atoms with Crippen LogP contribution in [0.15, 0.2) is 77.4 Å². The molecule has 0 radical (unpaired) electrons. The van der Waals surface area contributed by atoms with Crippen molar-refractivity contribution in [1.82, 2.24) is 10.6 Å². The summed E-state index contributed by atoms with van der Waals surface area (Å²) in [5.41, 5.74) is 1.40. The van der Waals surface area contributed by atoms with E-state index in [9.17, 15) is 19.7 Å². The van der Waals surface area contributed by atoms with Gasteiger partial charge in [0.25, 0.3) is 5.69 Å². The summed E-state index contributed by atoms with van der Waals surface area (Å²) >= 11 is 0. The number of carbonyl (C=O) groups is 2. The minimum absolute atomic E-state index is 0.0576. The zero-order valence-electron chi connectivity index (χ0n) is 16.5. The Morgan fingerprint density at radius 1 is 1.00 bits per heavy atom. The fraction of sp³-hybridized carbons (Fsp3) is 0.182. The van der Waals surface area contributed by atoms with Crippen LogP contribution in [0.5, 0.6) is 0 Å².